The molecule has 3 rings (SSSR count). The van der Waals surface area contributed by atoms with Crippen molar-refractivity contribution in [3.05, 3.63) is 54.4 Å². The predicted octanol–water partition coefficient (Wildman–Crippen LogP) is 2.83. The van der Waals surface area contributed by atoms with Gasteiger partial charge in [0, 0.05) is 25.0 Å². The molecule has 3 aromatic rings. The molecule has 0 saturated carbocycles. The zero-order valence-electron chi connectivity index (χ0n) is 14.4. The normalized spacial score (nSPS) is 10.9. The second-order valence-electron chi connectivity index (χ2n) is 6.14. The number of carbonyl (C=O) groups is 1. The van der Waals surface area contributed by atoms with E-state index in [1.807, 2.05) is 39.2 Å². The number of benzene rings is 1. The number of aryl methyl sites for hydroxylation is 1. The summed E-state index contributed by atoms with van der Waals surface area (Å²) in [7, 11) is 1.85. The molecule has 0 saturated heterocycles. The van der Waals surface area contributed by atoms with Crippen molar-refractivity contribution in [3.63, 3.8) is 0 Å². The molecule has 0 spiro atoms. The van der Waals surface area contributed by atoms with Crippen molar-refractivity contribution in [3.8, 4) is 11.1 Å². The van der Waals surface area contributed by atoms with Crippen LogP contribution in [0.3, 0.4) is 0 Å². The van der Waals surface area contributed by atoms with Crippen molar-refractivity contribution in [2.75, 3.05) is 11.1 Å². The summed E-state index contributed by atoms with van der Waals surface area (Å²) >= 11 is 0. The molecule has 0 radical (unpaired) electrons. The fourth-order valence-electron chi connectivity index (χ4n) is 2.35. The Balaban J connectivity index is 1.83. The number of rotatable bonds is 4. The highest BCUT2D eigenvalue weighted by atomic mass is 16.1. The van der Waals surface area contributed by atoms with Gasteiger partial charge in [0.2, 0.25) is 0 Å². The quantitative estimate of drug-likeness (QED) is 0.714. The molecule has 128 valence electrons. The molecule has 2 aromatic heterocycles. The molecule has 0 aliphatic heterocycles. The van der Waals surface area contributed by atoms with Crippen LogP contribution in [0.1, 0.15) is 35.9 Å². The van der Waals surface area contributed by atoms with Gasteiger partial charge >= 0.3 is 0 Å². The van der Waals surface area contributed by atoms with Crippen molar-refractivity contribution in [2.24, 2.45) is 7.05 Å². The van der Waals surface area contributed by atoms with Gasteiger partial charge in [0.1, 0.15) is 5.69 Å². The monoisotopic (exact) mass is 336 g/mol. The number of aromatic nitrogens is 4. The summed E-state index contributed by atoms with van der Waals surface area (Å²) in [4.78, 5) is 20.9. The molecule has 1 aromatic carbocycles. The van der Waals surface area contributed by atoms with Gasteiger partial charge in [0.05, 0.1) is 29.5 Å². The number of nitrogens with zero attached hydrogens (tertiary/aromatic N) is 4. The van der Waals surface area contributed by atoms with Crippen LogP contribution in [0.5, 0.6) is 0 Å². The SMILES string of the molecule is CC(C)c1cnc(C(=O)Nc2cc(-c3cnn(C)c3)ccc2N)cn1. The van der Waals surface area contributed by atoms with E-state index in [-0.39, 0.29) is 17.5 Å². The molecule has 25 heavy (non-hydrogen) atoms. The first-order valence-electron chi connectivity index (χ1n) is 7.96. The Morgan fingerprint density at radius 1 is 1.16 bits per heavy atom. The molecule has 1 amide bonds. The second-order valence-corrected chi connectivity index (χ2v) is 6.14. The summed E-state index contributed by atoms with van der Waals surface area (Å²) in [6, 6.07) is 5.46. The van der Waals surface area contributed by atoms with E-state index in [4.69, 9.17) is 5.73 Å². The highest BCUT2D eigenvalue weighted by Crippen LogP contribution is 2.27. The summed E-state index contributed by atoms with van der Waals surface area (Å²) in [5.41, 5.74) is 9.95. The number of nitrogens with one attached hydrogen (secondary N) is 1. The minimum Gasteiger partial charge on any atom is -0.397 e. The van der Waals surface area contributed by atoms with Gasteiger partial charge in [0.15, 0.2) is 0 Å². The van der Waals surface area contributed by atoms with Crippen LogP contribution in [-0.2, 0) is 7.05 Å². The first-order valence-corrected chi connectivity index (χ1v) is 7.96. The molecule has 0 fully saturated rings. The Hall–Kier alpha value is -3.22. The molecule has 2 heterocycles. The summed E-state index contributed by atoms with van der Waals surface area (Å²) in [5, 5.41) is 6.95. The van der Waals surface area contributed by atoms with E-state index in [9.17, 15) is 4.79 Å². The first kappa shape index (κ1) is 16.6. The molecule has 0 atom stereocenters. The van der Waals surface area contributed by atoms with Crippen LogP contribution in [-0.4, -0.2) is 25.7 Å². The van der Waals surface area contributed by atoms with Crippen LogP contribution in [0.4, 0.5) is 11.4 Å². The van der Waals surface area contributed by atoms with Crippen molar-refractivity contribution in [1.29, 1.82) is 0 Å². The number of nitrogen functional groups attached to an aromatic ring is 1. The van der Waals surface area contributed by atoms with E-state index >= 15 is 0 Å². The average Bonchev–Trinajstić information content (AvgIpc) is 3.03. The number of hydrogen-bond acceptors (Lipinski definition) is 5. The van der Waals surface area contributed by atoms with Crippen molar-refractivity contribution in [1.82, 2.24) is 19.7 Å². The topological polar surface area (TPSA) is 98.7 Å². The summed E-state index contributed by atoms with van der Waals surface area (Å²) in [6.07, 6.45) is 6.75. The van der Waals surface area contributed by atoms with Gasteiger partial charge in [-0.05, 0) is 23.6 Å². The fraction of sp³-hybridized carbons (Fsp3) is 0.222. The Kier molecular flexibility index (Phi) is 4.47. The van der Waals surface area contributed by atoms with E-state index in [0.717, 1.165) is 16.8 Å². The molecule has 7 heteroatoms. The van der Waals surface area contributed by atoms with E-state index < -0.39 is 0 Å². The molecule has 7 nitrogen and oxygen atoms in total. The lowest BCUT2D eigenvalue weighted by atomic mass is 10.1. The summed E-state index contributed by atoms with van der Waals surface area (Å²) < 4.78 is 1.72. The average molecular weight is 336 g/mol. The molecular weight excluding hydrogens is 316 g/mol. The number of carbonyl (C=O) groups excluding carboxylic acids is 1. The highest BCUT2D eigenvalue weighted by Gasteiger charge is 2.12. The molecular formula is C18H20N6O. The maximum atomic E-state index is 12.4. The number of amides is 1. The lowest BCUT2D eigenvalue weighted by Crippen LogP contribution is -2.15. The van der Waals surface area contributed by atoms with Gasteiger partial charge in [-0.25, -0.2) is 4.98 Å². The van der Waals surface area contributed by atoms with Gasteiger partial charge in [-0.1, -0.05) is 19.9 Å². The summed E-state index contributed by atoms with van der Waals surface area (Å²) in [5.74, 6) is -0.0886. The van der Waals surface area contributed by atoms with Gasteiger partial charge in [0.25, 0.3) is 5.91 Å². The molecule has 0 aliphatic rings. The van der Waals surface area contributed by atoms with E-state index in [0.29, 0.717) is 11.4 Å². The smallest absolute Gasteiger partial charge is 0.275 e. The van der Waals surface area contributed by atoms with Gasteiger partial charge in [-0.15, -0.1) is 0 Å². The summed E-state index contributed by atoms with van der Waals surface area (Å²) in [6.45, 7) is 4.04. The van der Waals surface area contributed by atoms with Crippen molar-refractivity contribution >= 4 is 17.3 Å². The number of anilines is 2. The highest BCUT2D eigenvalue weighted by molar-refractivity contribution is 6.04. The molecule has 0 unspecified atom stereocenters. The van der Waals surface area contributed by atoms with E-state index in [2.05, 4.69) is 20.4 Å². The zero-order chi connectivity index (χ0) is 18.0. The van der Waals surface area contributed by atoms with Crippen LogP contribution in [0.25, 0.3) is 11.1 Å². The van der Waals surface area contributed by atoms with Crippen LogP contribution < -0.4 is 11.1 Å². The minimum atomic E-state index is -0.349. The molecule has 3 N–H and O–H groups in total. The van der Waals surface area contributed by atoms with E-state index in [1.54, 1.807) is 23.1 Å². The Labute approximate surface area is 145 Å². The van der Waals surface area contributed by atoms with E-state index in [1.165, 1.54) is 6.20 Å². The fourth-order valence-corrected chi connectivity index (χ4v) is 2.35. The third-order valence-electron chi connectivity index (χ3n) is 3.84. The minimum absolute atomic E-state index is 0.246. The Bertz CT molecular complexity index is 898. The molecule has 0 aliphatic carbocycles. The largest absolute Gasteiger partial charge is 0.397 e. The standard InChI is InChI=1S/C18H20N6O/c1-11(2)16-8-21-17(9-20-16)18(25)23-15-6-12(4-5-14(15)19)13-7-22-24(3)10-13/h4-11H,19H2,1-3H3,(H,23,25). The predicted molar refractivity (Wildman–Crippen MR) is 97.1 cm³/mol. The number of hydrogen-bond donors (Lipinski definition) is 2. The zero-order valence-corrected chi connectivity index (χ0v) is 14.4. The second kappa shape index (κ2) is 6.72. The van der Waals surface area contributed by atoms with Gasteiger partial charge < -0.3 is 11.1 Å². The van der Waals surface area contributed by atoms with Crippen LogP contribution >= 0.6 is 0 Å². The maximum Gasteiger partial charge on any atom is 0.275 e. The number of nitrogens with two attached hydrogens (primary N) is 1. The third kappa shape index (κ3) is 3.65. The lowest BCUT2D eigenvalue weighted by Gasteiger charge is -2.10. The van der Waals surface area contributed by atoms with Gasteiger partial charge in [-0.3, -0.25) is 14.5 Å². The van der Waals surface area contributed by atoms with Crippen molar-refractivity contribution in [2.45, 2.75) is 19.8 Å². The Morgan fingerprint density at radius 2 is 1.96 bits per heavy atom. The first-order chi connectivity index (χ1) is 11.9. The van der Waals surface area contributed by atoms with Gasteiger partial charge in [-0.2, -0.15) is 5.10 Å². The van der Waals surface area contributed by atoms with Crippen LogP contribution in [0.15, 0.2) is 43.0 Å². The molecule has 0 bridgehead atoms. The third-order valence-corrected chi connectivity index (χ3v) is 3.84. The van der Waals surface area contributed by atoms with Crippen LogP contribution in [0, 0.1) is 0 Å². The van der Waals surface area contributed by atoms with Crippen LogP contribution in [0.2, 0.25) is 0 Å². The lowest BCUT2D eigenvalue weighted by molar-refractivity contribution is 0.102. The maximum absolute atomic E-state index is 12.4. The Morgan fingerprint density at radius 3 is 2.56 bits per heavy atom. The van der Waals surface area contributed by atoms with Crippen molar-refractivity contribution < 1.29 is 4.79 Å².